The van der Waals surface area contributed by atoms with Gasteiger partial charge in [0.1, 0.15) is 6.07 Å². The lowest BCUT2D eigenvalue weighted by atomic mass is 9.92. The number of amides is 1. The third-order valence-corrected chi connectivity index (χ3v) is 5.96. The molecule has 31 heavy (non-hydrogen) atoms. The van der Waals surface area contributed by atoms with Gasteiger partial charge in [0, 0.05) is 18.3 Å². The topological polar surface area (TPSA) is 115 Å². The molecule has 3 aromatic rings. The summed E-state index contributed by atoms with van der Waals surface area (Å²) in [6.07, 6.45) is 8.23. The number of aliphatic hydroxyl groups excluding tert-OH is 1. The number of anilines is 1. The van der Waals surface area contributed by atoms with Crippen LogP contribution in [0.5, 0.6) is 0 Å². The Morgan fingerprint density at radius 2 is 2.03 bits per heavy atom. The Labute approximate surface area is 179 Å². The molecule has 0 unspecified atom stereocenters. The van der Waals surface area contributed by atoms with Gasteiger partial charge in [0.05, 0.1) is 46.0 Å². The van der Waals surface area contributed by atoms with Gasteiger partial charge in [-0.15, -0.1) is 0 Å². The molecule has 2 fully saturated rings. The van der Waals surface area contributed by atoms with E-state index in [-0.39, 0.29) is 24.1 Å². The molecule has 1 amide bonds. The number of aliphatic hydroxyl groups is 1. The second-order valence-electron chi connectivity index (χ2n) is 8.44. The highest BCUT2D eigenvalue weighted by atomic mass is 16.3. The van der Waals surface area contributed by atoms with Crippen LogP contribution >= 0.6 is 0 Å². The van der Waals surface area contributed by atoms with Crippen molar-refractivity contribution < 1.29 is 9.90 Å². The van der Waals surface area contributed by atoms with Gasteiger partial charge in [0.2, 0.25) is 0 Å². The minimum atomic E-state index is -0.315. The molecule has 158 valence electrons. The summed E-state index contributed by atoms with van der Waals surface area (Å²) in [5.74, 6) is -0.128. The summed E-state index contributed by atoms with van der Waals surface area (Å²) >= 11 is 0. The molecule has 2 saturated carbocycles. The fraction of sp³-hybridized carbons (Fsp3) is 0.391. The van der Waals surface area contributed by atoms with Crippen molar-refractivity contribution in [3.63, 3.8) is 0 Å². The Bertz CT molecular complexity index is 1180. The van der Waals surface area contributed by atoms with E-state index >= 15 is 0 Å². The third-order valence-electron chi connectivity index (χ3n) is 5.96. The number of rotatable bonds is 5. The van der Waals surface area contributed by atoms with Crippen LogP contribution in [0, 0.1) is 11.3 Å². The second kappa shape index (κ2) is 8.00. The molecule has 2 aliphatic carbocycles. The predicted molar refractivity (Wildman–Crippen MR) is 116 cm³/mol. The van der Waals surface area contributed by atoms with Gasteiger partial charge >= 0.3 is 0 Å². The van der Waals surface area contributed by atoms with Crippen molar-refractivity contribution in [1.82, 2.24) is 19.9 Å². The molecule has 0 aromatic carbocycles. The zero-order valence-corrected chi connectivity index (χ0v) is 17.1. The van der Waals surface area contributed by atoms with Crippen LogP contribution in [-0.2, 0) is 0 Å². The molecule has 5 rings (SSSR count). The van der Waals surface area contributed by atoms with Gasteiger partial charge in [-0.05, 0) is 62.8 Å². The number of aromatic nitrogens is 3. The lowest BCUT2D eigenvalue weighted by Crippen LogP contribution is -2.32. The largest absolute Gasteiger partial charge is 0.393 e. The van der Waals surface area contributed by atoms with E-state index in [9.17, 15) is 9.90 Å². The number of hydrogen-bond acceptors (Lipinski definition) is 6. The number of carbonyl (C=O) groups is 1. The van der Waals surface area contributed by atoms with Gasteiger partial charge < -0.3 is 15.7 Å². The number of nitrogens with zero attached hydrogens (tertiary/aromatic N) is 4. The molecule has 3 aromatic heterocycles. The standard InChI is InChI=1S/C23H24N6O2/c24-11-14-8-17-6-7-22(29(17)26-12-14)21-10-20(27-16-2-1-3-18(30)9-16)19(13-25-21)23(31)28-15-4-5-15/h6-8,10,12-13,15-16,18,30H,1-5,9H2,(H,25,27)(H,28,31)/t16-,18+/m0/s1. The SMILES string of the molecule is N#Cc1cnn2c(-c3cc(N[C@H]4CCC[C@@H](O)C4)c(C(=O)NC4CC4)cn3)ccc2c1. The van der Waals surface area contributed by atoms with Crippen LogP contribution in [0.15, 0.2) is 36.7 Å². The first-order valence-electron chi connectivity index (χ1n) is 10.7. The summed E-state index contributed by atoms with van der Waals surface area (Å²) in [6, 6.07) is 9.91. The van der Waals surface area contributed by atoms with Crippen molar-refractivity contribution in [2.24, 2.45) is 0 Å². The van der Waals surface area contributed by atoms with Gasteiger partial charge in [-0.1, -0.05) is 0 Å². The molecule has 0 bridgehead atoms. The predicted octanol–water partition coefficient (Wildman–Crippen LogP) is 2.88. The second-order valence-corrected chi connectivity index (χ2v) is 8.44. The molecule has 0 radical (unpaired) electrons. The van der Waals surface area contributed by atoms with E-state index in [0.717, 1.165) is 43.3 Å². The number of nitrogens with one attached hydrogen (secondary N) is 2. The zero-order valence-electron chi connectivity index (χ0n) is 17.1. The molecule has 2 atom stereocenters. The molecular formula is C23H24N6O2. The summed E-state index contributed by atoms with van der Waals surface area (Å²) in [5.41, 5.74) is 3.98. The summed E-state index contributed by atoms with van der Waals surface area (Å²) in [4.78, 5) is 17.4. The normalized spacial score (nSPS) is 20.9. The summed E-state index contributed by atoms with van der Waals surface area (Å²) < 4.78 is 1.74. The maximum Gasteiger partial charge on any atom is 0.255 e. The third kappa shape index (κ3) is 4.09. The van der Waals surface area contributed by atoms with Crippen molar-refractivity contribution >= 4 is 17.1 Å². The molecule has 8 nitrogen and oxygen atoms in total. The van der Waals surface area contributed by atoms with E-state index in [0.29, 0.717) is 28.9 Å². The number of pyridine rings is 1. The van der Waals surface area contributed by atoms with Crippen LogP contribution in [-0.4, -0.2) is 43.8 Å². The highest BCUT2D eigenvalue weighted by Gasteiger charge is 2.27. The van der Waals surface area contributed by atoms with E-state index in [1.807, 2.05) is 18.2 Å². The average Bonchev–Trinajstić information content (AvgIpc) is 3.48. The Hall–Kier alpha value is -3.44. The first kappa shape index (κ1) is 19.5. The number of fused-ring (bicyclic) bond motifs is 1. The van der Waals surface area contributed by atoms with Crippen molar-refractivity contribution in [3.05, 3.63) is 47.8 Å². The Balaban J connectivity index is 1.51. The van der Waals surface area contributed by atoms with Gasteiger partial charge in [-0.2, -0.15) is 10.4 Å². The molecule has 8 heteroatoms. The first-order chi connectivity index (χ1) is 15.1. The molecular weight excluding hydrogens is 392 g/mol. The Morgan fingerprint density at radius 1 is 1.16 bits per heavy atom. The highest BCUT2D eigenvalue weighted by molar-refractivity contribution is 6.00. The van der Waals surface area contributed by atoms with Gasteiger partial charge in [-0.25, -0.2) is 4.52 Å². The van der Waals surface area contributed by atoms with Crippen LogP contribution in [0.3, 0.4) is 0 Å². The van der Waals surface area contributed by atoms with E-state index in [1.165, 1.54) is 6.20 Å². The molecule has 3 N–H and O–H groups in total. The highest BCUT2D eigenvalue weighted by Crippen LogP contribution is 2.29. The summed E-state index contributed by atoms with van der Waals surface area (Å²) in [5, 5.41) is 30.1. The van der Waals surface area contributed by atoms with Crippen LogP contribution < -0.4 is 10.6 Å². The summed E-state index contributed by atoms with van der Waals surface area (Å²) in [6.45, 7) is 0. The lowest BCUT2D eigenvalue weighted by molar-refractivity contribution is 0.0951. The van der Waals surface area contributed by atoms with E-state index in [4.69, 9.17) is 5.26 Å². The van der Waals surface area contributed by atoms with Crippen molar-refractivity contribution in [3.8, 4) is 17.5 Å². The lowest BCUT2D eigenvalue weighted by Gasteiger charge is -2.28. The van der Waals surface area contributed by atoms with E-state index in [1.54, 1.807) is 16.8 Å². The van der Waals surface area contributed by atoms with Gasteiger partial charge in [-0.3, -0.25) is 9.78 Å². The molecule has 0 aliphatic heterocycles. The molecule has 3 heterocycles. The molecule has 0 saturated heterocycles. The fourth-order valence-corrected chi connectivity index (χ4v) is 4.16. The van der Waals surface area contributed by atoms with Crippen molar-refractivity contribution in [1.29, 1.82) is 5.26 Å². The Kier molecular flexibility index (Phi) is 5.04. The summed E-state index contributed by atoms with van der Waals surface area (Å²) in [7, 11) is 0. The smallest absolute Gasteiger partial charge is 0.255 e. The van der Waals surface area contributed by atoms with Crippen molar-refractivity contribution in [2.75, 3.05) is 5.32 Å². The molecule has 0 spiro atoms. The van der Waals surface area contributed by atoms with Crippen LogP contribution in [0.2, 0.25) is 0 Å². The van der Waals surface area contributed by atoms with Crippen LogP contribution in [0.1, 0.15) is 54.4 Å². The maximum atomic E-state index is 12.8. The first-order valence-corrected chi connectivity index (χ1v) is 10.7. The van der Waals surface area contributed by atoms with Crippen LogP contribution in [0.4, 0.5) is 5.69 Å². The fourth-order valence-electron chi connectivity index (χ4n) is 4.16. The molecule has 2 aliphatic rings. The Morgan fingerprint density at radius 3 is 2.81 bits per heavy atom. The van der Waals surface area contributed by atoms with Crippen molar-refractivity contribution in [2.45, 2.75) is 56.7 Å². The minimum Gasteiger partial charge on any atom is -0.393 e. The monoisotopic (exact) mass is 416 g/mol. The number of nitriles is 1. The van der Waals surface area contributed by atoms with Gasteiger partial charge in [0.15, 0.2) is 0 Å². The van der Waals surface area contributed by atoms with Crippen LogP contribution in [0.25, 0.3) is 16.9 Å². The average molecular weight is 416 g/mol. The quantitative estimate of drug-likeness (QED) is 0.589. The zero-order chi connectivity index (χ0) is 21.4. The number of carbonyl (C=O) groups excluding carboxylic acids is 1. The van der Waals surface area contributed by atoms with E-state index in [2.05, 4.69) is 26.8 Å². The maximum absolute atomic E-state index is 12.8. The minimum absolute atomic E-state index is 0.104. The number of hydrogen-bond donors (Lipinski definition) is 3. The van der Waals surface area contributed by atoms with E-state index < -0.39 is 0 Å². The van der Waals surface area contributed by atoms with Gasteiger partial charge in [0.25, 0.3) is 5.91 Å².